The van der Waals surface area contributed by atoms with Gasteiger partial charge in [0.1, 0.15) is 0 Å². The van der Waals surface area contributed by atoms with E-state index in [-0.39, 0.29) is 35.4 Å². The molecule has 0 amide bonds. The number of hydrogen-bond acceptors (Lipinski definition) is 4. The first-order valence-electron chi connectivity index (χ1n) is 9.29. The van der Waals surface area contributed by atoms with Gasteiger partial charge in [-0.1, -0.05) is 18.2 Å². The van der Waals surface area contributed by atoms with Gasteiger partial charge in [0.05, 0.1) is 18.0 Å². The first-order chi connectivity index (χ1) is 13.1. The lowest BCUT2D eigenvalue weighted by atomic mass is 10.1. The molecule has 0 aliphatic heterocycles. The highest BCUT2D eigenvalue weighted by molar-refractivity contribution is 14.0. The molecule has 1 aromatic carbocycles. The van der Waals surface area contributed by atoms with Crippen LogP contribution in [0.3, 0.4) is 0 Å². The maximum atomic E-state index is 12.8. The molecular formula is C20H31IN4O2S2. The SMILES string of the molecule is CCNC(=NCc1ccccc1S(=O)(=O)NC(C)(C)C)NCc1sccc1C.I. The summed E-state index contributed by atoms with van der Waals surface area (Å²) in [5, 5.41) is 8.59. The lowest BCUT2D eigenvalue weighted by Gasteiger charge is -2.21. The Hall–Kier alpha value is -1.17. The topological polar surface area (TPSA) is 82.6 Å². The maximum Gasteiger partial charge on any atom is 0.241 e. The van der Waals surface area contributed by atoms with Gasteiger partial charge in [-0.25, -0.2) is 18.1 Å². The fourth-order valence-corrected chi connectivity index (χ4v) is 5.11. The molecule has 0 aliphatic carbocycles. The molecule has 0 aliphatic rings. The summed E-state index contributed by atoms with van der Waals surface area (Å²) in [6.45, 7) is 11.2. The van der Waals surface area contributed by atoms with E-state index in [4.69, 9.17) is 0 Å². The number of nitrogens with zero attached hydrogens (tertiary/aromatic N) is 1. The minimum absolute atomic E-state index is 0. The van der Waals surface area contributed by atoms with Crippen LogP contribution in [0, 0.1) is 6.92 Å². The summed E-state index contributed by atoms with van der Waals surface area (Å²) < 4.78 is 28.2. The van der Waals surface area contributed by atoms with Crippen LogP contribution in [0.5, 0.6) is 0 Å². The van der Waals surface area contributed by atoms with Crippen LogP contribution in [0.2, 0.25) is 0 Å². The first-order valence-corrected chi connectivity index (χ1v) is 11.7. The first kappa shape index (κ1) is 25.9. The Balaban J connectivity index is 0.00000420. The Morgan fingerprint density at radius 1 is 1.14 bits per heavy atom. The highest BCUT2D eigenvalue weighted by atomic mass is 127. The lowest BCUT2D eigenvalue weighted by molar-refractivity contribution is 0.491. The van der Waals surface area contributed by atoms with Gasteiger partial charge in [0, 0.05) is 17.0 Å². The van der Waals surface area contributed by atoms with E-state index in [0.29, 0.717) is 18.1 Å². The quantitative estimate of drug-likeness (QED) is 0.277. The summed E-state index contributed by atoms with van der Waals surface area (Å²) in [4.78, 5) is 6.11. The average molecular weight is 551 g/mol. The highest BCUT2D eigenvalue weighted by Crippen LogP contribution is 2.19. The molecule has 0 spiro atoms. The number of aryl methyl sites for hydroxylation is 1. The summed E-state index contributed by atoms with van der Waals surface area (Å²) in [5.41, 5.74) is 1.35. The van der Waals surface area contributed by atoms with Crippen molar-refractivity contribution >= 4 is 51.3 Å². The van der Waals surface area contributed by atoms with E-state index in [1.807, 2.05) is 33.8 Å². The van der Waals surface area contributed by atoms with Crippen LogP contribution in [0.1, 0.15) is 43.7 Å². The number of guanidine groups is 1. The summed E-state index contributed by atoms with van der Waals surface area (Å²) in [7, 11) is -3.62. The highest BCUT2D eigenvalue weighted by Gasteiger charge is 2.24. The third-order valence-corrected chi connectivity index (χ3v) is 6.72. The minimum Gasteiger partial charge on any atom is -0.357 e. The van der Waals surface area contributed by atoms with Crippen LogP contribution >= 0.6 is 35.3 Å². The second-order valence-electron chi connectivity index (χ2n) is 7.54. The Bertz CT molecular complexity index is 919. The van der Waals surface area contributed by atoms with Crippen molar-refractivity contribution in [2.24, 2.45) is 4.99 Å². The molecule has 2 aromatic rings. The van der Waals surface area contributed by atoms with E-state index < -0.39 is 15.6 Å². The van der Waals surface area contributed by atoms with E-state index in [2.05, 4.69) is 38.7 Å². The molecule has 0 unspecified atom stereocenters. The second-order valence-corrected chi connectivity index (χ2v) is 10.2. The zero-order valence-electron chi connectivity index (χ0n) is 17.6. The average Bonchev–Trinajstić information content (AvgIpc) is 3.00. The van der Waals surface area contributed by atoms with Gasteiger partial charge in [-0.05, 0) is 63.3 Å². The van der Waals surface area contributed by atoms with Gasteiger partial charge in [0.25, 0.3) is 0 Å². The molecule has 3 N–H and O–H groups in total. The summed E-state index contributed by atoms with van der Waals surface area (Å²) in [6.07, 6.45) is 0. The number of hydrogen-bond donors (Lipinski definition) is 3. The van der Waals surface area contributed by atoms with Crippen LogP contribution < -0.4 is 15.4 Å². The molecular weight excluding hydrogens is 519 g/mol. The summed E-state index contributed by atoms with van der Waals surface area (Å²) in [6, 6.07) is 9.07. The normalized spacial score (nSPS) is 12.4. The monoisotopic (exact) mass is 550 g/mol. The maximum absolute atomic E-state index is 12.8. The zero-order chi connectivity index (χ0) is 20.8. The molecule has 0 atom stereocenters. The molecule has 0 bridgehead atoms. The van der Waals surface area contributed by atoms with Crippen LogP contribution in [0.15, 0.2) is 45.6 Å². The fraction of sp³-hybridized carbons (Fsp3) is 0.450. The van der Waals surface area contributed by atoms with Crippen molar-refractivity contribution in [2.75, 3.05) is 6.54 Å². The van der Waals surface area contributed by atoms with Gasteiger partial charge in [-0.15, -0.1) is 35.3 Å². The molecule has 0 saturated heterocycles. The largest absolute Gasteiger partial charge is 0.357 e. The molecule has 29 heavy (non-hydrogen) atoms. The van der Waals surface area contributed by atoms with E-state index in [1.54, 1.807) is 29.5 Å². The minimum atomic E-state index is -3.62. The summed E-state index contributed by atoms with van der Waals surface area (Å²) >= 11 is 1.70. The van der Waals surface area contributed by atoms with Crippen molar-refractivity contribution in [1.29, 1.82) is 0 Å². The number of aliphatic imine (C=N–C) groups is 1. The van der Waals surface area contributed by atoms with Gasteiger partial charge in [0.2, 0.25) is 10.0 Å². The van der Waals surface area contributed by atoms with Crippen LogP contribution in [0.4, 0.5) is 0 Å². The lowest BCUT2D eigenvalue weighted by Crippen LogP contribution is -2.40. The van der Waals surface area contributed by atoms with Crippen molar-refractivity contribution in [3.05, 3.63) is 51.7 Å². The third-order valence-electron chi connectivity index (χ3n) is 3.84. The van der Waals surface area contributed by atoms with Crippen molar-refractivity contribution in [1.82, 2.24) is 15.4 Å². The van der Waals surface area contributed by atoms with Crippen LogP contribution in [-0.4, -0.2) is 26.5 Å². The molecule has 0 saturated carbocycles. The molecule has 9 heteroatoms. The van der Waals surface area contributed by atoms with Crippen LogP contribution in [-0.2, 0) is 23.1 Å². The van der Waals surface area contributed by atoms with Crippen molar-refractivity contribution < 1.29 is 8.42 Å². The molecule has 0 radical (unpaired) electrons. The van der Waals surface area contributed by atoms with Gasteiger partial charge in [-0.2, -0.15) is 0 Å². The number of benzene rings is 1. The second kappa shape index (κ2) is 11.3. The number of rotatable bonds is 7. The predicted molar refractivity (Wildman–Crippen MR) is 133 cm³/mol. The zero-order valence-corrected chi connectivity index (χ0v) is 21.5. The number of halogens is 1. The molecule has 162 valence electrons. The number of nitrogens with one attached hydrogen (secondary N) is 3. The van der Waals surface area contributed by atoms with Gasteiger partial charge in [-0.3, -0.25) is 0 Å². The molecule has 1 aromatic heterocycles. The Morgan fingerprint density at radius 3 is 2.41 bits per heavy atom. The van der Waals surface area contributed by atoms with E-state index >= 15 is 0 Å². The van der Waals surface area contributed by atoms with Gasteiger partial charge >= 0.3 is 0 Å². The Morgan fingerprint density at radius 2 is 1.83 bits per heavy atom. The standard InChI is InChI=1S/C20H30N4O2S2.HI/c1-6-21-19(23-14-17-15(2)11-12-27-17)22-13-16-9-7-8-10-18(16)28(25,26)24-20(3,4)5;/h7-12,24H,6,13-14H2,1-5H3,(H2,21,22,23);1H. The number of sulfonamides is 1. The van der Waals surface area contributed by atoms with Gasteiger partial charge in [0.15, 0.2) is 5.96 Å². The summed E-state index contributed by atoms with van der Waals surface area (Å²) in [5.74, 6) is 0.659. The van der Waals surface area contributed by atoms with Crippen molar-refractivity contribution in [2.45, 2.75) is 58.1 Å². The smallest absolute Gasteiger partial charge is 0.241 e. The van der Waals surface area contributed by atoms with E-state index in [1.165, 1.54) is 10.4 Å². The van der Waals surface area contributed by atoms with E-state index in [0.717, 1.165) is 6.54 Å². The number of thiophene rings is 1. The van der Waals surface area contributed by atoms with E-state index in [9.17, 15) is 8.42 Å². The van der Waals surface area contributed by atoms with Crippen LogP contribution in [0.25, 0.3) is 0 Å². The predicted octanol–water partition coefficient (Wildman–Crippen LogP) is 4.01. The Kier molecular flexibility index (Phi) is 10.1. The third kappa shape index (κ3) is 8.23. The molecule has 2 rings (SSSR count). The Labute approximate surface area is 195 Å². The van der Waals surface area contributed by atoms with Gasteiger partial charge < -0.3 is 10.6 Å². The molecule has 1 heterocycles. The van der Waals surface area contributed by atoms with Crippen molar-refractivity contribution in [3.8, 4) is 0 Å². The molecule has 0 fully saturated rings. The van der Waals surface area contributed by atoms with Crippen molar-refractivity contribution in [3.63, 3.8) is 0 Å². The fourth-order valence-electron chi connectivity index (χ4n) is 2.61. The molecule has 6 nitrogen and oxygen atoms in total.